The van der Waals surface area contributed by atoms with Crippen molar-refractivity contribution in [2.45, 2.75) is 24.9 Å². The van der Waals surface area contributed by atoms with Gasteiger partial charge in [-0.15, -0.1) is 0 Å². The van der Waals surface area contributed by atoms with Crippen LogP contribution < -0.4 is 15.5 Å². The van der Waals surface area contributed by atoms with Crippen LogP contribution in [0.2, 0.25) is 0 Å². The smallest absolute Gasteiger partial charge is 0.338 e. The number of hydrogen-bond donors (Lipinski definition) is 3. The standard InChI is InChI=1S/C31H25FN4O5/c1-2-41-29(39)16-7-10-19(11-8-16)36-27(37)25-24(13-17-15-33-22-6-4-3-5-20(17)22)35-31(26(25)28(36)38)21-14-18(32)9-12-23(21)34-30(31)40/h3-12,14-15,24-26,33,35H,2,13H2,1H3,(H,34,40)/t24-,25+,26+,31-/m0/s1. The number of carbonyl (C=O) groups excluding carboxylic acids is 4. The summed E-state index contributed by atoms with van der Waals surface area (Å²) in [6.45, 7) is 1.91. The minimum atomic E-state index is -1.63. The number of para-hydroxylation sites is 1. The number of H-pyrrole nitrogens is 1. The van der Waals surface area contributed by atoms with Crippen molar-refractivity contribution in [1.82, 2.24) is 10.3 Å². The summed E-state index contributed by atoms with van der Waals surface area (Å²) in [5, 5.41) is 7.12. The molecule has 3 aromatic carbocycles. The van der Waals surface area contributed by atoms with Crippen molar-refractivity contribution in [3.05, 3.63) is 95.4 Å². The van der Waals surface area contributed by atoms with E-state index in [-0.39, 0.29) is 17.9 Å². The predicted octanol–water partition coefficient (Wildman–Crippen LogP) is 3.65. The van der Waals surface area contributed by atoms with Crippen molar-refractivity contribution in [1.29, 1.82) is 0 Å². The van der Waals surface area contributed by atoms with Gasteiger partial charge in [-0.2, -0.15) is 0 Å². The van der Waals surface area contributed by atoms with Crippen LogP contribution in [0, 0.1) is 17.7 Å². The Morgan fingerprint density at radius 2 is 1.80 bits per heavy atom. The first-order valence-electron chi connectivity index (χ1n) is 13.4. The summed E-state index contributed by atoms with van der Waals surface area (Å²) < 4.78 is 19.6. The van der Waals surface area contributed by atoms with Crippen LogP contribution in [0.4, 0.5) is 15.8 Å². The number of nitrogens with one attached hydrogen (secondary N) is 3. The number of rotatable bonds is 5. The fourth-order valence-corrected chi connectivity index (χ4v) is 6.70. The molecule has 0 saturated carbocycles. The van der Waals surface area contributed by atoms with Crippen molar-refractivity contribution in [2.24, 2.45) is 11.8 Å². The number of anilines is 2. The third-order valence-electron chi connectivity index (χ3n) is 8.43. The molecule has 3 amide bonds. The van der Waals surface area contributed by atoms with E-state index in [4.69, 9.17) is 4.74 Å². The Hall–Kier alpha value is -4.83. The van der Waals surface area contributed by atoms with Crippen LogP contribution in [0.1, 0.15) is 28.4 Å². The number of hydrogen-bond acceptors (Lipinski definition) is 6. The lowest BCUT2D eigenvalue weighted by molar-refractivity contribution is -0.130. The molecule has 10 heteroatoms. The summed E-state index contributed by atoms with van der Waals surface area (Å²) in [4.78, 5) is 58.5. The Morgan fingerprint density at radius 3 is 2.59 bits per heavy atom. The van der Waals surface area contributed by atoms with Gasteiger partial charge in [0.1, 0.15) is 11.4 Å². The van der Waals surface area contributed by atoms with Gasteiger partial charge in [0.2, 0.25) is 17.7 Å². The molecule has 41 heavy (non-hydrogen) atoms. The zero-order chi connectivity index (χ0) is 28.5. The van der Waals surface area contributed by atoms with Crippen LogP contribution in [-0.4, -0.2) is 41.3 Å². The lowest BCUT2D eigenvalue weighted by Gasteiger charge is -2.29. The molecule has 3 N–H and O–H groups in total. The molecule has 0 bridgehead atoms. The molecule has 0 radical (unpaired) electrons. The number of ether oxygens (including phenoxy) is 1. The average molecular weight is 553 g/mol. The summed E-state index contributed by atoms with van der Waals surface area (Å²) in [6, 6.07) is 17.1. The van der Waals surface area contributed by atoms with E-state index >= 15 is 0 Å². The molecule has 3 aliphatic heterocycles. The second kappa shape index (κ2) is 9.10. The first-order valence-corrected chi connectivity index (χ1v) is 13.4. The Bertz CT molecular complexity index is 1770. The van der Waals surface area contributed by atoms with Gasteiger partial charge < -0.3 is 15.0 Å². The molecule has 4 atom stereocenters. The summed E-state index contributed by atoms with van der Waals surface area (Å²) in [5.41, 5.74) is 1.48. The summed E-state index contributed by atoms with van der Waals surface area (Å²) >= 11 is 0. The molecular weight excluding hydrogens is 527 g/mol. The van der Waals surface area contributed by atoms with Crippen molar-refractivity contribution in [3.8, 4) is 0 Å². The molecule has 0 unspecified atom stereocenters. The number of aromatic amines is 1. The first kappa shape index (κ1) is 25.2. The number of fused-ring (bicyclic) bond motifs is 5. The van der Waals surface area contributed by atoms with Gasteiger partial charge in [0.15, 0.2) is 0 Å². The number of imide groups is 1. The van der Waals surface area contributed by atoms with Crippen molar-refractivity contribution < 1.29 is 28.3 Å². The molecule has 7 rings (SSSR count). The van der Waals surface area contributed by atoms with Gasteiger partial charge in [-0.3, -0.25) is 19.7 Å². The molecule has 4 aromatic rings. The lowest BCUT2D eigenvalue weighted by atomic mass is 9.76. The Labute approximate surface area is 233 Å². The van der Waals surface area contributed by atoms with E-state index < -0.39 is 52.9 Å². The van der Waals surface area contributed by atoms with E-state index in [9.17, 15) is 23.6 Å². The van der Waals surface area contributed by atoms with E-state index in [2.05, 4.69) is 15.6 Å². The predicted molar refractivity (Wildman–Crippen MR) is 148 cm³/mol. The summed E-state index contributed by atoms with van der Waals surface area (Å²) in [7, 11) is 0. The highest BCUT2D eigenvalue weighted by atomic mass is 19.1. The number of nitrogens with zero attached hydrogens (tertiary/aromatic N) is 1. The van der Waals surface area contributed by atoms with E-state index in [1.807, 2.05) is 30.5 Å². The SMILES string of the molecule is CCOC(=O)c1ccc(N2C(=O)[C@@H]3[C@H](Cc4c[nH]c5ccccc45)N[C@]4(C(=O)Nc5ccc(F)cc54)[C@H]3C2=O)cc1. The third kappa shape index (κ3) is 3.57. The maximum absolute atomic E-state index is 14.5. The largest absolute Gasteiger partial charge is 0.462 e. The van der Waals surface area contributed by atoms with Gasteiger partial charge in [0, 0.05) is 34.4 Å². The highest BCUT2D eigenvalue weighted by molar-refractivity contribution is 6.26. The molecule has 3 aliphatic rings. The fraction of sp³-hybridized carbons (Fsp3) is 0.226. The van der Waals surface area contributed by atoms with Gasteiger partial charge in [-0.25, -0.2) is 14.1 Å². The monoisotopic (exact) mass is 552 g/mol. The Kier molecular flexibility index (Phi) is 5.58. The second-order valence-electron chi connectivity index (χ2n) is 10.5. The van der Waals surface area contributed by atoms with Crippen LogP contribution in [0.25, 0.3) is 10.9 Å². The van der Waals surface area contributed by atoms with Gasteiger partial charge >= 0.3 is 5.97 Å². The third-order valence-corrected chi connectivity index (χ3v) is 8.43. The van der Waals surface area contributed by atoms with E-state index in [1.54, 1.807) is 6.92 Å². The molecule has 1 spiro atoms. The molecular formula is C31H25FN4O5. The molecule has 4 heterocycles. The zero-order valence-electron chi connectivity index (χ0n) is 21.9. The van der Waals surface area contributed by atoms with Gasteiger partial charge in [0.25, 0.3) is 0 Å². The molecule has 0 aliphatic carbocycles. The number of amides is 3. The van der Waals surface area contributed by atoms with Crippen molar-refractivity contribution in [2.75, 3.05) is 16.8 Å². The number of esters is 1. The van der Waals surface area contributed by atoms with Crippen molar-refractivity contribution in [3.63, 3.8) is 0 Å². The molecule has 2 saturated heterocycles. The maximum atomic E-state index is 14.5. The van der Waals surface area contributed by atoms with Crippen molar-refractivity contribution >= 4 is 46.0 Å². The topological polar surface area (TPSA) is 121 Å². The maximum Gasteiger partial charge on any atom is 0.338 e. The normalized spacial score (nSPS) is 24.7. The van der Waals surface area contributed by atoms with Gasteiger partial charge in [-0.1, -0.05) is 18.2 Å². The molecule has 206 valence electrons. The number of benzene rings is 3. The van der Waals surface area contributed by atoms with E-state index in [1.165, 1.54) is 42.5 Å². The number of halogens is 1. The quantitative estimate of drug-likeness (QED) is 0.257. The minimum absolute atomic E-state index is 0.212. The van der Waals surface area contributed by atoms with E-state index in [0.29, 0.717) is 17.7 Å². The minimum Gasteiger partial charge on any atom is -0.462 e. The fourth-order valence-electron chi connectivity index (χ4n) is 6.70. The van der Waals surface area contributed by atoms with Crippen LogP contribution in [-0.2, 0) is 31.1 Å². The summed E-state index contributed by atoms with van der Waals surface area (Å²) in [5.74, 6) is -4.62. The van der Waals surface area contributed by atoms with Gasteiger partial charge in [0.05, 0.1) is 29.7 Å². The van der Waals surface area contributed by atoms with Crippen LogP contribution in [0.3, 0.4) is 0 Å². The Balaban J connectivity index is 1.33. The highest BCUT2D eigenvalue weighted by Crippen LogP contribution is 2.54. The number of aromatic nitrogens is 1. The molecule has 9 nitrogen and oxygen atoms in total. The van der Waals surface area contributed by atoms with E-state index in [0.717, 1.165) is 21.4 Å². The van der Waals surface area contributed by atoms with Crippen LogP contribution >= 0.6 is 0 Å². The number of carbonyl (C=O) groups is 4. The first-order chi connectivity index (χ1) is 19.8. The zero-order valence-corrected chi connectivity index (χ0v) is 21.9. The van der Waals surface area contributed by atoms with Gasteiger partial charge in [-0.05, 0) is 67.4 Å². The summed E-state index contributed by atoms with van der Waals surface area (Å²) in [6.07, 6.45) is 2.21. The lowest BCUT2D eigenvalue weighted by Crippen LogP contribution is -2.53. The Morgan fingerprint density at radius 1 is 1.02 bits per heavy atom. The van der Waals surface area contributed by atoms with Crippen LogP contribution in [0.5, 0.6) is 0 Å². The average Bonchev–Trinajstić information content (AvgIpc) is 3.68. The molecule has 2 fully saturated rings. The van der Waals surface area contributed by atoms with Crippen LogP contribution in [0.15, 0.2) is 72.9 Å². The second-order valence-corrected chi connectivity index (χ2v) is 10.5. The molecule has 1 aromatic heterocycles. The highest BCUT2D eigenvalue weighted by Gasteiger charge is 2.70.